The third-order valence-corrected chi connectivity index (χ3v) is 8.39. The van der Waals surface area contributed by atoms with E-state index in [1.165, 1.54) is 0 Å². The highest BCUT2D eigenvalue weighted by Crippen LogP contribution is 2.60. The molecule has 0 rings (SSSR count). The Balaban J connectivity index is 3.77. The second-order valence-corrected chi connectivity index (χ2v) is 11.2. The van der Waals surface area contributed by atoms with E-state index in [0.717, 1.165) is 11.5 Å². The summed E-state index contributed by atoms with van der Waals surface area (Å²) in [5.74, 6) is 1.86. The summed E-state index contributed by atoms with van der Waals surface area (Å²) in [4.78, 5) is 11.3. The van der Waals surface area contributed by atoms with Crippen molar-refractivity contribution < 1.29 is 18.6 Å². The van der Waals surface area contributed by atoms with Crippen LogP contribution in [-0.2, 0) is 30.4 Å². The van der Waals surface area contributed by atoms with Gasteiger partial charge in [0.05, 0.1) is 25.1 Å². The van der Waals surface area contributed by atoms with Crippen LogP contribution >= 0.6 is 28.8 Å². The van der Waals surface area contributed by atoms with E-state index >= 15 is 0 Å². The van der Waals surface area contributed by atoms with E-state index in [1.807, 2.05) is 27.7 Å². The van der Waals surface area contributed by atoms with Crippen molar-refractivity contribution >= 4 is 46.6 Å². The van der Waals surface area contributed by atoms with Crippen LogP contribution < -0.4 is 0 Å². The lowest BCUT2D eigenvalue weighted by Crippen LogP contribution is -2.13. The van der Waals surface area contributed by atoms with E-state index in [9.17, 15) is 4.79 Å². The van der Waals surface area contributed by atoms with Crippen LogP contribution in [0.2, 0.25) is 0 Å². The summed E-state index contributed by atoms with van der Waals surface area (Å²) >= 11 is 8.48. The smallest absolute Gasteiger partial charge is 0.316 e. The van der Waals surface area contributed by atoms with Gasteiger partial charge in [-0.15, -0.1) is 11.8 Å². The third kappa shape index (κ3) is 11.1. The zero-order chi connectivity index (χ0) is 14.7. The molecule has 19 heavy (non-hydrogen) atoms. The summed E-state index contributed by atoms with van der Waals surface area (Å²) in [6.45, 7) is 8.65. The summed E-state index contributed by atoms with van der Waals surface area (Å²) in [5, 5.41) is 0. The van der Waals surface area contributed by atoms with Crippen molar-refractivity contribution in [2.45, 2.75) is 33.8 Å². The van der Waals surface area contributed by atoms with Crippen LogP contribution in [0.4, 0.5) is 0 Å². The lowest BCUT2D eigenvalue weighted by Gasteiger charge is -2.19. The molecule has 8 heteroatoms. The Bertz CT molecular complexity index is 290. The first-order valence-corrected chi connectivity index (χ1v) is 11.6. The molecule has 0 aliphatic rings. The quantitative estimate of drug-likeness (QED) is 0.321. The van der Waals surface area contributed by atoms with Crippen molar-refractivity contribution in [3.8, 4) is 0 Å². The normalized spacial score (nSPS) is 11.8. The number of esters is 1. The summed E-state index contributed by atoms with van der Waals surface area (Å²) in [5.41, 5.74) is -2.19. The van der Waals surface area contributed by atoms with E-state index in [0.29, 0.717) is 19.0 Å². The Kier molecular flexibility index (Phi) is 11.8. The number of hydrogen-bond donors (Lipinski definition) is 0. The second kappa shape index (κ2) is 11.4. The van der Waals surface area contributed by atoms with E-state index in [2.05, 4.69) is 0 Å². The van der Waals surface area contributed by atoms with Crippen molar-refractivity contribution in [3.63, 3.8) is 0 Å². The van der Waals surface area contributed by atoms with Gasteiger partial charge in [-0.1, -0.05) is 11.4 Å². The fraction of sp³-hybridized carbons (Fsp3) is 0.909. The molecule has 0 heterocycles. The van der Waals surface area contributed by atoms with E-state index in [1.54, 1.807) is 23.1 Å². The van der Waals surface area contributed by atoms with Crippen LogP contribution in [0.25, 0.3) is 0 Å². The predicted molar refractivity (Wildman–Crippen MR) is 88.5 cm³/mol. The minimum absolute atomic E-state index is 0.0513. The van der Waals surface area contributed by atoms with E-state index in [-0.39, 0.29) is 12.1 Å². The molecular formula is C11H23O4PS3. The monoisotopic (exact) mass is 346 g/mol. The largest absolute Gasteiger partial charge is 0.462 e. The highest BCUT2D eigenvalue weighted by atomic mass is 32.9. The molecule has 0 unspecified atom stereocenters. The Morgan fingerprint density at radius 3 is 2.26 bits per heavy atom. The van der Waals surface area contributed by atoms with Crippen LogP contribution in [0.5, 0.6) is 0 Å². The fourth-order valence-electron chi connectivity index (χ4n) is 1.09. The molecule has 0 atom stereocenters. The number of carbonyl (C=O) groups excluding carboxylic acids is 1. The maximum atomic E-state index is 11.3. The van der Waals surface area contributed by atoms with Crippen molar-refractivity contribution in [1.29, 1.82) is 0 Å². The first kappa shape index (κ1) is 19.7. The number of thioether (sulfide) groups is 1. The summed E-state index contributed by atoms with van der Waals surface area (Å²) in [6.07, 6.45) is -0.0513. The SMILES string of the molecule is CCOP(=S)(OCC)SCCSCC(=O)OC(C)C. The van der Waals surface area contributed by atoms with Crippen molar-refractivity contribution in [1.82, 2.24) is 0 Å². The van der Waals surface area contributed by atoms with Crippen molar-refractivity contribution in [3.05, 3.63) is 0 Å². The molecule has 0 saturated carbocycles. The lowest BCUT2D eigenvalue weighted by atomic mass is 10.5. The number of hydrogen-bond acceptors (Lipinski definition) is 7. The van der Waals surface area contributed by atoms with Gasteiger partial charge in [0.2, 0.25) is 5.69 Å². The van der Waals surface area contributed by atoms with Crippen LogP contribution in [0, 0.1) is 0 Å². The van der Waals surface area contributed by atoms with Crippen LogP contribution in [0.3, 0.4) is 0 Å². The van der Waals surface area contributed by atoms with Gasteiger partial charge in [0.25, 0.3) is 0 Å². The van der Waals surface area contributed by atoms with Crippen LogP contribution in [-0.4, -0.2) is 42.5 Å². The number of carbonyl (C=O) groups is 1. The molecule has 0 radical (unpaired) electrons. The second-order valence-electron chi connectivity index (χ2n) is 3.71. The Morgan fingerprint density at radius 2 is 1.79 bits per heavy atom. The van der Waals surface area contributed by atoms with Crippen LogP contribution in [0.1, 0.15) is 27.7 Å². The average Bonchev–Trinajstić information content (AvgIpc) is 2.28. The zero-order valence-electron chi connectivity index (χ0n) is 11.9. The molecule has 0 fully saturated rings. The Labute approximate surface area is 129 Å². The predicted octanol–water partition coefficient (Wildman–Crippen LogP) is 3.70. The van der Waals surface area contributed by atoms with Gasteiger partial charge in [0.15, 0.2) is 0 Å². The van der Waals surface area contributed by atoms with Crippen LogP contribution in [0.15, 0.2) is 0 Å². The van der Waals surface area contributed by atoms with Crippen molar-refractivity contribution in [2.75, 3.05) is 30.5 Å². The molecule has 0 bridgehead atoms. The Hall–Kier alpha value is 0.740. The van der Waals surface area contributed by atoms with Gasteiger partial charge in [0.1, 0.15) is 0 Å². The van der Waals surface area contributed by atoms with Gasteiger partial charge in [-0.2, -0.15) is 0 Å². The standard InChI is InChI=1S/C11H23O4PS3/c1-5-13-16(17,14-6-2)19-8-7-18-9-11(12)15-10(3)4/h10H,5-9H2,1-4H3. The minimum Gasteiger partial charge on any atom is -0.462 e. The van der Waals surface area contributed by atoms with E-state index < -0.39 is 5.69 Å². The van der Waals surface area contributed by atoms with Gasteiger partial charge >= 0.3 is 5.97 Å². The molecule has 0 aromatic rings. The third-order valence-electron chi connectivity index (χ3n) is 1.64. The van der Waals surface area contributed by atoms with Gasteiger partial charge < -0.3 is 13.8 Å². The molecule has 0 aromatic heterocycles. The maximum absolute atomic E-state index is 11.3. The topological polar surface area (TPSA) is 44.8 Å². The molecule has 0 aliphatic carbocycles. The first-order chi connectivity index (χ1) is 8.93. The summed E-state index contributed by atoms with van der Waals surface area (Å²) < 4.78 is 16.1. The molecule has 0 saturated heterocycles. The van der Waals surface area contributed by atoms with Gasteiger partial charge in [-0.3, -0.25) is 4.79 Å². The molecule has 0 N–H and O–H groups in total. The summed E-state index contributed by atoms with van der Waals surface area (Å²) in [6, 6.07) is 0. The van der Waals surface area contributed by atoms with E-state index in [4.69, 9.17) is 25.6 Å². The fourth-order valence-corrected chi connectivity index (χ4v) is 7.04. The summed E-state index contributed by atoms with van der Waals surface area (Å²) in [7, 11) is 0. The van der Waals surface area contributed by atoms with Gasteiger partial charge in [-0.05, 0) is 39.5 Å². The first-order valence-electron chi connectivity index (χ1n) is 6.24. The molecular weight excluding hydrogens is 323 g/mol. The Morgan fingerprint density at radius 1 is 1.21 bits per heavy atom. The van der Waals surface area contributed by atoms with Gasteiger partial charge in [0, 0.05) is 11.5 Å². The highest BCUT2D eigenvalue weighted by Gasteiger charge is 2.18. The number of ether oxygens (including phenoxy) is 1. The maximum Gasteiger partial charge on any atom is 0.316 e. The molecule has 0 aromatic carbocycles. The minimum atomic E-state index is -2.19. The molecule has 4 nitrogen and oxygen atoms in total. The number of rotatable bonds is 11. The van der Waals surface area contributed by atoms with Crippen molar-refractivity contribution in [2.24, 2.45) is 0 Å². The zero-order valence-corrected chi connectivity index (χ0v) is 15.3. The molecule has 114 valence electrons. The molecule has 0 amide bonds. The molecule has 0 aliphatic heterocycles. The van der Waals surface area contributed by atoms with Gasteiger partial charge in [-0.25, -0.2) is 0 Å². The highest BCUT2D eigenvalue weighted by molar-refractivity contribution is 8.68. The average molecular weight is 346 g/mol. The molecule has 0 spiro atoms. The lowest BCUT2D eigenvalue weighted by molar-refractivity contribution is -0.144.